The summed E-state index contributed by atoms with van der Waals surface area (Å²) in [4.78, 5) is 37.6. The van der Waals surface area contributed by atoms with Crippen LogP contribution in [0.4, 0.5) is 0 Å². The minimum absolute atomic E-state index is 0.0672. The van der Waals surface area contributed by atoms with Gasteiger partial charge in [-0.25, -0.2) is 0 Å². The number of rotatable bonds is 44. The first-order chi connectivity index (χ1) is 27.0. The number of hydrogen-bond donors (Lipinski definition) is 0. The largest absolute Gasteiger partial charge is 0.462 e. The van der Waals surface area contributed by atoms with Crippen LogP contribution in [0, 0.1) is 0 Å². The Morgan fingerprint density at radius 1 is 0.345 bits per heavy atom. The van der Waals surface area contributed by atoms with Gasteiger partial charge in [-0.15, -0.1) is 0 Å². The molecule has 0 amide bonds. The molecule has 0 rings (SSSR count). The summed E-state index contributed by atoms with van der Waals surface area (Å²) in [6, 6.07) is 0. The van der Waals surface area contributed by atoms with Crippen molar-refractivity contribution in [1.29, 1.82) is 0 Å². The van der Waals surface area contributed by atoms with E-state index >= 15 is 0 Å². The van der Waals surface area contributed by atoms with E-state index in [1.54, 1.807) is 0 Å². The molecule has 0 saturated heterocycles. The van der Waals surface area contributed by atoms with E-state index < -0.39 is 6.10 Å². The minimum Gasteiger partial charge on any atom is -0.462 e. The van der Waals surface area contributed by atoms with Gasteiger partial charge in [-0.1, -0.05) is 213 Å². The zero-order chi connectivity index (χ0) is 40.1. The molecular weight excluding hydrogens is 685 g/mol. The molecule has 0 aromatic rings. The summed E-state index contributed by atoms with van der Waals surface area (Å²) in [5.74, 6) is -0.868. The number of esters is 3. The van der Waals surface area contributed by atoms with E-state index in [0.717, 1.165) is 57.8 Å². The van der Waals surface area contributed by atoms with Crippen LogP contribution in [0.1, 0.15) is 265 Å². The molecule has 1 atom stereocenters. The van der Waals surface area contributed by atoms with Gasteiger partial charge in [0, 0.05) is 19.3 Å². The van der Waals surface area contributed by atoms with Crippen molar-refractivity contribution in [2.75, 3.05) is 13.2 Å². The van der Waals surface area contributed by atoms with Crippen LogP contribution in [0.25, 0.3) is 0 Å². The molecule has 0 aromatic carbocycles. The third kappa shape index (κ3) is 43.1. The lowest BCUT2D eigenvalue weighted by Crippen LogP contribution is -2.30. The SMILES string of the molecule is CCCCCCCC/C=C\CCCCCCCCCCCC(=O)OCC(COC(=O)CCCCCCCC)OC(=O)CCCCCCCCCCCCCC. The van der Waals surface area contributed by atoms with E-state index in [-0.39, 0.29) is 31.1 Å². The number of carbonyl (C=O) groups is 3. The normalized spacial score (nSPS) is 12.0. The molecule has 55 heavy (non-hydrogen) atoms. The highest BCUT2D eigenvalue weighted by Gasteiger charge is 2.19. The van der Waals surface area contributed by atoms with Gasteiger partial charge in [-0.2, -0.15) is 0 Å². The number of unbranched alkanes of at least 4 members (excludes halogenated alkanes) is 31. The van der Waals surface area contributed by atoms with Crippen molar-refractivity contribution in [2.45, 2.75) is 271 Å². The zero-order valence-electron chi connectivity index (χ0n) is 37.0. The smallest absolute Gasteiger partial charge is 0.306 e. The summed E-state index contributed by atoms with van der Waals surface area (Å²) in [6.07, 6.45) is 47.9. The van der Waals surface area contributed by atoms with Gasteiger partial charge in [0.2, 0.25) is 0 Å². The van der Waals surface area contributed by atoms with E-state index in [2.05, 4.69) is 32.9 Å². The molecule has 6 nitrogen and oxygen atoms in total. The highest BCUT2D eigenvalue weighted by Crippen LogP contribution is 2.15. The molecule has 0 heterocycles. The lowest BCUT2D eigenvalue weighted by Gasteiger charge is -2.18. The molecule has 6 heteroatoms. The second-order valence-corrected chi connectivity index (χ2v) is 16.4. The fraction of sp³-hybridized carbons (Fsp3) is 0.898. The van der Waals surface area contributed by atoms with Gasteiger partial charge in [-0.05, 0) is 44.9 Å². The summed E-state index contributed by atoms with van der Waals surface area (Å²) < 4.78 is 16.7. The van der Waals surface area contributed by atoms with Crippen molar-refractivity contribution in [2.24, 2.45) is 0 Å². The number of ether oxygens (including phenoxy) is 3. The predicted molar refractivity (Wildman–Crippen MR) is 233 cm³/mol. The molecule has 0 bridgehead atoms. The topological polar surface area (TPSA) is 78.9 Å². The molecule has 0 radical (unpaired) electrons. The van der Waals surface area contributed by atoms with Crippen molar-refractivity contribution in [3.05, 3.63) is 12.2 Å². The Kier molecular flexibility index (Phi) is 43.4. The second kappa shape index (κ2) is 44.9. The molecule has 324 valence electrons. The molecule has 0 aliphatic heterocycles. The van der Waals surface area contributed by atoms with E-state index in [0.29, 0.717) is 19.3 Å². The first-order valence-electron chi connectivity index (χ1n) is 24.2. The van der Waals surface area contributed by atoms with Gasteiger partial charge >= 0.3 is 17.9 Å². The minimum atomic E-state index is -0.761. The van der Waals surface area contributed by atoms with Crippen LogP contribution < -0.4 is 0 Å². The van der Waals surface area contributed by atoms with Crippen molar-refractivity contribution in [1.82, 2.24) is 0 Å². The van der Waals surface area contributed by atoms with Crippen LogP contribution in [0.15, 0.2) is 12.2 Å². The Labute approximate surface area is 341 Å². The lowest BCUT2D eigenvalue weighted by molar-refractivity contribution is -0.167. The van der Waals surface area contributed by atoms with Crippen LogP contribution in [0.3, 0.4) is 0 Å². The highest BCUT2D eigenvalue weighted by atomic mass is 16.6. The number of carbonyl (C=O) groups excluding carboxylic acids is 3. The predicted octanol–water partition coefficient (Wildman–Crippen LogP) is 15.4. The van der Waals surface area contributed by atoms with Crippen molar-refractivity contribution in [3.8, 4) is 0 Å². The maximum absolute atomic E-state index is 12.7. The third-order valence-electron chi connectivity index (χ3n) is 10.8. The van der Waals surface area contributed by atoms with Gasteiger partial charge in [0.25, 0.3) is 0 Å². The van der Waals surface area contributed by atoms with E-state index in [1.807, 2.05) is 0 Å². The average Bonchev–Trinajstić information content (AvgIpc) is 3.18. The molecule has 0 N–H and O–H groups in total. The van der Waals surface area contributed by atoms with Crippen LogP contribution in [0.5, 0.6) is 0 Å². The van der Waals surface area contributed by atoms with Gasteiger partial charge in [0.1, 0.15) is 13.2 Å². The summed E-state index contributed by atoms with van der Waals surface area (Å²) in [5.41, 5.74) is 0. The number of allylic oxidation sites excluding steroid dienone is 2. The lowest BCUT2D eigenvalue weighted by atomic mass is 10.0. The standard InChI is InChI=1S/C49H92O6/c1-4-7-10-13-16-18-20-22-23-24-25-26-27-28-30-31-33-36-39-42-48(51)54-45-46(44-53-47(50)41-38-35-15-12-9-6-3)55-49(52)43-40-37-34-32-29-21-19-17-14-11-8-5-2/h22-23,46H,4-21,24-45H2,1-3H3/b23-22-. The second-order valence-electron chi connectivity index (χ2n) is 16.4. The first-order valence-corrected chi connectivity index (χ1v) is 24.2. The fourth-order valence-electron chi connectivity index (χ4n) is 7.08. The van der Waals surface area contributed by atoms with E-state index in [1.165, 1.54) is 167 Å². The number of hydrogen-bond acceptors (Lipinski definition) is 6. The van der Waals surface area contributed by atoms with Gasteiger partial charge in [0.15, 0.2) is 6.10 Å². The maximum atomic E-state index is 12.7. The monoisotopic (exact) mass is 777 g/mol. The Morgan fingerprint density at radius 2 is 0.600 bits per heavy atom. The molecule has 0 aliphatic carbocycles. The van der Waals surface area contributed by atoms with Crippen molar-refractivity contribution < 1.29 is 28.6 Å². The Balaban J connectivity index is 4.16. The molecule has 1 unspecified atom stereocenters. The summed E-state index contributed by atoms with van der Waals surface area (Å²) in [5, 5.41) is 0. The maximum Gasteiger partial charge on any atom is 0.306 e. The Morgan fingerprint density at radius 3 is 0.909 bits per heavy atom. The summed E-state index contributed by atoms with van der Waals surface area (Å²) in [6.45, 7) is 6.59. The van der Waals surface area contributed by atoms with E-state index in [9.17, 15) is 14.4 Å². The van der Waals surface area contributed by atoms with Crippen LogP contribution in [0.2, 0.25) is 0 Å². The first kappa shape index (κ1) is 53.1. The molecular formula is C49H92O6. The van der Waals surface area contributed by atoms with Crippen LogP contribution >= 0.6 is 0 Å². The van der Waals surface area contributed by atoms with E-state index in [4.69, 9.17) is 14.2 Å². The third-order valence-corrected chi connectivity index (χ3v) is 10.8. The van der Waals surface area contributed by atoms with Crippen molar-refractivity contribution in [3.63, 3.8) is 0 Å². The molecule has 0 spiro atoms. The molecule has 0 aromatic heterocycles. The quantitative estimate of drug-likeness (QED) is 0.0265. The fourth-order valence-corrected chi connectivity index (χ4v) is 7.08. The zero-order valence-corrected chi connectivity index (χ0v) is 37.0. The molecule has 0 fully saturated rings. The van der Waals surface area contributed by atoms with Crippen LogP contribution in [-0.2, 0) is 28.6 Å². The molecule has 0 aliphatic rings. The Hall–Kier alpha value is -1.85. The van der Waals surface area contributed by atoms with Crippen LogP contribution in [-0.4, -0.2) is 37.2 Å². The highest BCUT2D eigenvalue weighted by molar-refractivity contribution is 5.71. The van der Waals surface area contributed by atoms with Gasteiger partial charge < -0.3 is 14.2 Å². The summed E-state index contributed by atoms with van der Waals surface area (Å²) >= 11 is 0. The summed E-state index contributed by atoms with van der Waals surface area (Å²) in [7, 11) is 0. The molecule has 0 saturated carbocycles. The van der Waals surface area contributed by atoms with Gasteiger partial charge in [-0.3, -0.25) is 14.4 Å². The Bertz CT molecular complexity index is 854. The van der Waals surface area contributed by atoms with Crippen molar-refractivity contribution >= 4 is 17.9 Å². The average molecular weight is 777 g/mol. The van der Waals surface area contributed by atoms with Gasteiger partial charge in [0.05, 0.1) is 0 Å².